The normalized spacial score (nSPS) is 12.5. The minimum Gasteiger partial charge on any atom is -0.350 e. The number of sulfonamides is 1. The van der Waals surface area contributed by atoms with Crippen molar-refractivity contribution in [2.75, 3.05) is 10.8 Å². The van der Waals surface area contributed by atoms with E-state index in [1.165, 1.54) is 41.3 Å². The van der Waals surface area contributed by atoms with Crippen molar-refractivity contribution in [2.24, 2.45) is 0 Å². The number of aryl methyl sites for hydroxylation is 1. The van der Waals surface area contributed by atoms with Gasteiger partial charge in [-0.05, 0) is 82.6 Å². The SMILES string of the molecule is Cc1ccc(S(=O)(=O)N(CC(=O)N(Cc2ccc(F)cc2)[C@H](C)C(=O)NC(C)(C)C)c2cccc(Br)c2)cc1. The van der Waals surface area contributed by atoms with Crippen molar-refractivity contribution in [2.45, 2.75) is 57.6 Å². The Kier molecular flexibility index (Phi) is 9.55. The van der Waals surface area contributed by atoms with E-state index in [1.54, 1.807) is 43.3 Å². The van der Waals surface area contributed by atoms with E-state index >= 15 is 0 Å². The second-order valence-electron chi connectivity index (χ2n) is 10.4. The molecule has 0 spiro atoms. The highest BCUT2D eigenvalue weighted by atomic mass is 79.9. The summed E-state index contributed by atoms with van der Waals surface area (Å²) in [6.07, 6.45) is 0. The molecule has 10 heteroatoms. The quantitative estimate of drug-likeness (QED) is 0.347. The molecule has 0 fully saturated rings. The van der Waals surface area contributed by atoms with Crippen LogP contribution < -0.4 is 9.62 Å². The second kappa shape index (κ2) is 12.3. The maximum Gasteiger partial charge on any atom is 0.264 e. The summed E-state index contributed by atoms with van der Waals surface area (Å²) in [5.41, 5.74) is 1.22. The fourth-order valence-electron chi connectivity index (χ4n) is 3.84. The molecule has 0 aliphatic rings. The van der Waals surface area contributed by atoms with Gasteiger partial charge in [0.25, 0.3) is 10.0 Å². The van der Waals surface area contributed by atoms with Gasteiger partial charge < -0.3 is 10.2 Å². The number of nitrogens with one attached hydrogen (secondary N) is 1. The lowest BCUT2D eigenvalue weighted by molar-refractivity contribution is -0.140. The Labute approximate surface area is 238 Å². The van der Waals surface area contributed by atoms with Gasteiger partial charge in [-0.1, -0.05) is 51.8 Å². The van der Waals surface area contributed by atoms with Crippen LogP contribution in [-0.4, -0.2) is 43.3 Å². The third-order valence-corrected chi connectivity index (χ3v) is 8.20. The fourth-order valence-corrected chi connectivity index (χ4v) is 5.63. The van der Waals surface area contributed by atoms with Gasteiger partial charge in [-0.2, -0.15) is 0 Å². The molecule has 208 valence electrons. The molecule has 3 aromatic rings. The van der Waals surface area contributed by atoms with Gasteiger partial charge in [0.15, 0.2) is 0 Å². The molecule has 0 saturated heterocycles. The number of hydrogen-bond acceptors (Lipinski definition) is 4. The molecule has 0 heterocycles. The standard InChI is InChI=1S/C29H33BrFN3O4S/c1-20-9-15-26(16-10-20)39(37,38)34(25-8-6-7-23(30)17-25)19-27(35)33(18-22-11-13-24(31)14-12-22)21(2)28(36)32-29(3,4)5/h6-17,21H,18-19H2,1-5H3,(H,32,36)/t21-/m1/s1. The van der Waals surface area contributed by atoms with E-state index in [1.807, 2.05) is 27.7 Å². The molecule has 39 heavy (non-hydrogen) atoms. The second-order valence-corrected chi connectivity index (χ2v) is 13.1. The zero-order chi connectivity index (χ0) is 29.0. The number of carbonyl (C=O) groups excluding carboxylic acids is 2. The summed E-state index contributed by atoms with van der Waals surface area (Å²) in [6, 6.07) is 17.7. The van der Waals surface area contributed by atoms with Crippen molar-refractivity contribution in [1.29, 1.82) is 0 Å². The highest BCUT2D eigenvalue weighted by Crippen LogP contribution is 2.27. The zero-order valence-electron chi connectivity index (χ0n) is 22.6. The summed E-state index contributed by atoms with van der Waals surface area (Å²) in [7, 11) is -4.15. The van der Waals surface area contributed by atoms with Gasteiger partial charge in [0.1, 0.15) is 18.4 Å². The largest absolute Gasteiger partial charge is 0.350 e. The van der Waals surface area contributed by atoms with Gasteiger partial charge in [-0.3, -0.25) is 13.9 Å². The Balaban J connectivity index is 2.03. The highest BCUT2D eigenvalue weighted by molar-refractivity contribution is 9.10. The Morgan fingerprint density at radius 2 is 1.62 bits per heavy atom. The molecule has 0 unspecified atom stereocenters. The lowest BCUT2D eigenvalue weighted by Crippen LogP contribution is -2.54. The summed E-state index contributed by atoms with van der Waals surface area (Å²) in [5, 5.41) is 2.87. The van der Waals surface area contributed by atoms with Gasteiger partial charge in [0.2, 0.25) is 11.8 Å². The Morgan fingerprint density at radius 1 is 1.00 bits per heavy atom. The molecule has 1 atom stereocenters. The number of carbonyl (C=O) groups is 2. The molecule has 7 nitrogen and oxygen atoms in total. The van der Waals surface area contributed by atoms with Crippen LogP contribution >= 0.6 is 15.9 Å². The van der Waals surface area contributed by atoms with Crippen molar-refractivity contribution in [3.05, 3.63) is 94.2 Å². The van der Waals surface area contributed by atoms with E-state index in [2.05, 4.69) is 21.2 Å². The first kappa shape index (κ1) is 30.3. The molecule has 3 rings (SSSR count). The van der Waals surface area contributed by atoms with Crippen LogP contribution in [0.2, 0.25) is 0 Å². The smallest absolute Gasteiger partial charge is 0.264 e. The molecule has 3 aromatic carbocycles. The zero-order valence-corrected chi connectivity index (χ0v) is 25.0. The molecule has 0 radical (unpaired) electrons. The van der Waals surface area contributed by atoms with Crippen LogP contribution in [-0.2, 0) is 26.2 Å². The van der Waals surface area contributed by atoms with E-state index in [0.717, 1.165) is 9.87 Å². The number of amides is 2. The van der Waals surface area contributed by atoms with Gasteiger partial charge in [0.05, 0.1) is 10.6 Å². The molecular weight excluding hydrogens is 585 g/mol. The minimum atomic E-state index is -4.15. The van der Waals surface area contributed by atoms with Crippen LogP contribution in [0.4, 0.5) is 10.1 Å². The predicted molar refractivity (Wildman–Crippen MR) is 154 cm³/mol. The number of nitrogens with zero attached hydrogens (tertiary/aromatic N) is 2. The fraction of sp³-hybridized carbons (Fsp3) is 0.310. The lowest BCUT2D eigenvalue weighted by Gasteiger charge is -2.33. The van der Waals surface area contributed by atoms with E-state index in [4.69, 9.17) is 0 Å². The molecule has 0 bridgehead atoms. The van der Waals surface area contributed by atoms with Crippen molar-refractivity contribution in [1.82, 2.24) is 10.2 Å². The van der Waals surface area contributed by atoms with Crippen molar-refractivity contribution in [3.63, 3.8) is 0 Å². The summed E-state index contributed by atoms with van der Waals surface area (Å²) in [6.45, 7) is 8.34. The first-order valence-corrected chi connectivity index (χ1v) is 14.6. The molecule has 1 N–H and O–H groups in total. The number of hydrogen-bond donors (Lipinski definition) is 1. The molecular formula is C29H33BrFN3O4S. The molecule has 2 amide bonds. The lowest BCUT2D eigenvalue weighted by atomic mass is 10.1. The molecule has 0 aromatic heterocycles. The monoisotopic (exact) mass is 617 g/mol. The van der Waals surface area contributed by atoms with Crippen LogP contribution in [0.5, 0.6) is 0 Å². The van der Waals surface area contributed by atoms with Crippen LogP contribution in [0, 0.1) is 12.7 Å². The van der Waals surface area contributed by atoms with Crippen molar-refractivity contribution in [3.8, 4) is 0 Å². The third-order valence-electron chi connectivity index (χ3n) is 5.92. The number of benzene rings is 3. The minimum absolute atomic E-state index is 0.0191. The topological polar surface area (TPSA) is 86.8 Å². The van der Waals surface area contributed by atoms with Crippen LogP contribution in [0.15, 0.2) is 82.2 Å². The Morgan fingerprint density at radius 3 is 2.18 bits per heavy atom. The highest BCUT2D eigenvalue weighted by Gasteiger charge is 2.33. The van der Waals surface area contributed by atoms with Gasteiger partial charge in [-0.25, -0.2) is 12.8 Å². The average molecular weight is 619 g/mol. The first-order chi connectivity index (χ1) is 18.2. The van der Waals surface area contributed by atoms with Gasteiger partial charge >= 0.3 is 0 Å². The van der Waals surface area contributed by atoms with Gasteiger partial charge in [0, 0.05) is 16.6 Å². The number of halogens is 2. The molecule has 0 aliphatic carbocycles. The molecule has 0 saturated carbocycles. The first-order valence-electron chi connectivity index (χ1n) is 12.4. The van der Waals surface area contributed by atoms with Crippen LogP contribution in [0.25, 0.3) is 0 Å². The summed E-state index contributed by atoms with van der Waals surface area (Å²) in [5.74, 6) is -1.42. The summed E-state index contributed by atoms with van der Waals surface area (Å²) < 4.78 is 42.9. The predicted octanol–water partition coefficient (Wildman–Crippen LogP) is 5.42. The maximum absolute atomic E-state index is 13.9. The van der Waals surface area contributed by atoms with E-state index < -0.39 is 45.8 Å². The number of anilines is 1. The summed E-state index contributed by atoms with van der Waals surface area (Å²) in [4.78, 5) is 28.3. The van der Waals surface area contributed by atoms with Crippen molar-refractivity contribution >= 4 is 43.5 Å². The van der Waals surface area contributed by atoms with E-state index in [-0.39, 0.29) is 17.1 Å². The average Bonchev–Trinajstić information content (AvgIpc) is 2.85. The molecule has 0 aliphatic heterocycles. The van der Waals surface area contributed by atoms with Crippen LogP contribution in [0.1, 0.15) is 38.8 Å². The number of rotatable bonds is 9. The van der Waals surface area contributed by atoms with E-state index in [9.17, 15) is 22.4 Å². The van der Waals surface area contributed by atoms with E-state index in [0.29, 0.717) is 10.0 Å². The maximum atomic E-state index is 13.9. The Hall–Kier alpha value is -3.24. The van der Waals surface area contributed by atoms with Gasteiger partial charge in [-0.15, -0.1) is 0 Å². The summed E-state index contributed by atoms with van der Waals surface area (Å²) >= 11 is 3.38. The van der Waals surface area contributed by atoms with Crippen LogP contribution in [0.3, 0.4) is 0 Å². The van der Waals surface area contributed by atoms with Crippen molar-refractivity contribution < 1.29 is 22.4 Å². The third kappa shape index (κ3) is 8.12. The Bertz CT molecular complexity index is 1420.